The Morgan fingerprint density at radius 3 is 2.44 bits per heavy atom. The van der Waals surface area contributed by atoms with E-state index in [1.807, 2.05) is 10.8 Å². The molecule has 0 unspecified atom stereocenters. The third-order valence-corrected chi connectivity index (χ3v) is 5.50. The van der Waals surface area contributed by atoms with Crippen LogP contribution in [0.15, 0.2) is 40.0 Å². The molecule has 0 saturated carbocycles. The van der Waals surface area contributed by atoms with Crippen molar-refractivity contribution >= 4 is 33.8 Å². The largest absolute Gasteiger partial charge is 0.416 e. The number of aromatic nitrogens is 2. The maximum absolute atomic E-state index is 12.7. The Morgan fingerprint density at radius 2 is 1.74 bits per heavy atom. The molecule has 2 aromatic heterocycles. The zero-order chi connectivity index (χ0) is 18.9. The van der Waals surface area contributed by atoms with Gasteiger partial charge in [-0.25, -0.2) is 9.97 Å². The first kappa shape index (κ1) is 17.9. The number of alkyl halides is 3. The van der Waals surface area contributed by atoms with Crippen molar-refractivity contribution in [2.75, 3.05) is 18.4 Å². The summed E-state index contributed by atoms with van der Waals surface area (Å²) in [4.78, 5) is 13.4. The molecule has 0 fully saturated rings. The molecule has 1 aliphatic heterocycles. The first-order valence-electron chi connectivity index (χ1n) is 8.13. The molecule has 10 heteroatoms. The van der Waals surface area contributed by atoms with Crippen molar-refractivity contribution in [1.82, 2.24) is 15.3 Å². The van der Waals surface area contributed by atoms with Crippen LogP contribution in [0.25, 0.3) is 22.0 Å². The maximum Gasteiger partial charge on any atom is 0.416 e. The zero-order valence-electron chi connectivity index (χ0n) is 13.9. The van der Waals surface area contributed by atoms with Crippen LogP contribution in [0.1, 0.15) is 12.0 Å². The van der Waals surface area contributed by atoms with Gasteiger partial charge in [0.05, 0.1) is 5.56 Å². The number of hydrogen-bond acceptors (Lipinski definition) is 7. The van der Waals surface area contributed by atoms with Crippen LogP contribution in [0, 0.1) is 0 Å². The van der Waals surface area contributed by atoms with E-state index in [-0.39, 0.29) is 0 Å². The minimum Gasteiger partial charge on any atom is -0.356 e. The molecule has 140 valence electrons. The number of halogens is 3. The summed E-state index contributed by atoms with van der Waals surface area (Å²) in [7, 11) is 0. The number of nitrogens with one attached hydrogen (secondary N) is 2. The highest BCUT2D eigenvalue weighted by Crippen LogP contribution is 2.33. The molecule has 0 saturated heterocycles. The van der Waals surface area contributed by atoms with Gasteiger partial charge in [-0.3, -0.25) is 4.99 Å². The Bertz CT molecular complexity index is 960. The lowest BCUT2D eigenvalue weighted by molar-refractivity contribution is -0.137. The van der Waals surface area contributed by atoms with Crippen molar-refractivity contribution in [3.63, 3.8) is 0 Å². The molecule has 5 nitrogen and oxygen atoms in total. The van der Waals surface area contributed by atoms with E-state index in [9.17, 15) is 13.2 Å². The van der Waals surface area contributed by atoms with E-state index < -0.39 is 11.7 Å². The maximum atomic E-state index is 12.7. The minimum absolute atomic E-state index is 0.647. The van der Waals surface area contributed by atoms with E-state index in [1.54, 1.807) is 0 Å². The van der Waals surface area contributed by atoms with Gasteiger partial charge in [-0.15, -0.1) is 22.7 Å². The van der Waals surface area contributed by atoms with Gasteiger partial charge in [-0.1, -0.05) is 12.1 Å². The first-order chi connectivity index (χ1) is 13.0. The van der Waals surface area contributed by atoms with Gasteiger partial charge in [0.2, 0.25) is 0 Å². The van der Waals surface area contributed by atoms with E-state index in [0.717, 1.165) is 31.6 Å². The summed E-state index contributed by atoms with van der Waals surface area (Å²) < 4.78 is 38.0. The lowest BCUT2D eigenvalue weighted by Gasteiger charge is -2.13. The highest BCUT2D eigenvalue weighted by Gasteiger charge is 2.30. The van der Waals surface area contributed by atoms with Crippen LogP contribution in [0.2, 0.25) is 0 Å². The lowest BCUT2D eigenvalue weighted by Crippen LogP contribution is -2.35. The fourth-order valence-corrected chi connectivity index (χ4v) is 4.02. The van der Waals surface area contributed by atoms with Crippen LogP contribution in [0.3, 0.4) is 0 Å². The molecule has 0 bridgehead atoms. The SMILES string of the molecule is FC(F)(F)c1ccc(-c2nc(-c3csc(NC4=NCCCN4)n3)cs2)cc1. The minimum atomic E-state index is -4.34. The van der Waals surface area contributed by atoms with Gasteiger partial charge in [-0.2, -0.15) is 13.2 Å². The Kier molecular flexibility index (Phi) is 4.83. The van der Waals surface area contributed by atoms with Gasteiger partial charge in [0, 0.05) is 29.4 Å². The summed E-state index contributed by atoms with van der Waals surface area (Å²) in [6, 6.07) is 5.01. The van der Waals surface area contributed by atoms with Gasteiger partial charge in [0.15, 0.2) is 11.1 Å². The molecule has 3 heterocycles. The molecule has 3 aromatic rings. The standard InChI is InChI=1S/C17H14F3N5S2/c18-17(19,20)11-4-2-10(3-5-11)14-23-12(8-26-14)13-9-27-16(24-13)25-15-21-6-1-7-22-15/h2-5,8-9H,1,6-7H2,(H2,21,22,24,25). The zero-order valence-corrected chi connectivity index (χ0v) is 15.5. The molecule has 27 heavy (non-hydrogen) atoms. The number of nitrogens with zero attached hydrogens (tertiary/aromatic N) is 3. The molecule has 2 N–H and O–H groups in total. The molecule has 1 aromatic carbocycles. The third kappa shape index (κ3) is 4.11. The molecule has 0 atom stereocenters. The van der Waals surface area contributed by atoms with Gasteiger partial charge in [0.25, 0.3) is 0 Å². The van der Waals surface area contributed by atoms with Crippen molar-refractivity contribution in [3.05, 3.63) is 40.6 Å². The number of aliphatic imine (C=N–C) groups is 1. The highest BCUT2D eigenvalue weighted by molar-refractivity contribution is 7.14. The molecule has 0 amide bonds. The first-order valence-corrected chi connectivity index (χ1v) is 9.89. The number of benzene rings is 1. The molecule has 1 aliphatic rings. The van der Waals surface area contributed by atoms with Crippen LogP contribution < -0.4 is 10.6 Å². The summed E-state index contributed by atoms with van der Waals surface area (Å²) in [6.45, 7) is 1.67. The second-order valence-electron chi connectivity index (χ2n) is 5.79. The van der Waals surface area contributed by atoms with Crippen LogP contribution in [-0.4, -0.2) is 29.0 Å². The van der Waals surface area contributed by atoms with Gasteiger partial charge in [-0.05, 0) is 18.6 Å². The van der Waals surface area contributed by atoms with Gasteiger partial charge in [0.1, 0.15) is 16.4 Å². The molecule has 4 rings (SSSR count). The fourth-order valence-electron chi connectivity index (χ4n) is 2.49. The molecule has 0 spiro atoms. The van der Waals surface area contributed by atoms with Gasteiger partial charge >= 0.3 is 6.18 Å². The quantitative estimate of drug-likeness (QED) is 0.658. The smallest absolute Gasteiger partial charge is 0.356 e. The molecule has 0 aliphatic carbocycles. The van der Waals surface area contributed by atoms with Crippen LogP contribution in [-0.2, 0) is 6.18 Å². The molecule has 0 radical (unpaired) electrons. The Labute approximate surface area is 161 Å². The molecular formula is C17H14F3N5S2. The fraction of sp³-hybridized carbons (Fsp3) is 0.235. The van der Waals surface area contributed by atoms with Crippen molar-refractivity contribution in [2.45, 2.75) is 12.6 Å². The Balaban J connectivity index is 1.50. The summed E-state index contributed by atoms with van der Waals surface area (Å²) in [5.41, 5.74) is 1.39. The van der Waals surface area contributed by atoms with Crippen molar-refractivity contribution < 1.29 is 13.2 Å². The number of guanidine groups is 1. The second-order valence-corrected chi connectivity index (χ2v) is 7.50. The average molecular weight is 409 g/mol. The Morgan fingerprint density at radius 1 is 1.00 bits per heavy atom. The number of anilines is 1. The van der Waals surface area contributed by atoms with Crippen molar-refractivity contribution in [2.24, 2.45) is 4.99 Å². The predicted octanol–water partition coefficient (Wildman–Crippen LogP) is 4.71. The lowest BCUT2D eigenvalue weighted by atomic mass is 10.1. The van der Waals surface area contributed by atoms with Crippen molar-refractivity contribution in [1.29, 1.82) is 0 Å². The van der Waals surface area contributed by atoms with E-state index in [1.165, 1.54) is 34.8 Å². The summed E-state index contributed by atoms with van der Waals surface area (Å²) in [5, 5.41) is 11.4. The van der Waals surface area contributed by atoms with Crippen LogP contribution in [0.5, 0.6) is 0 Å². The topological polar surface area (TPSA) is 62.2 Å². The monoisotopic (exact) mass is 409 g/mol. The van der Waals surface area contributed by atoms with Crippen LogP contribution in [0.4, 0.5) is 18.3 Å². The number of rotatable bonds is 3. The number of thiazole rings is 2. The van der Waals surface area contributed by atoms with E-state index in [0.29, 0.717) is 33.1 Å². The summed E-state index contributed by atoms with van der Waals surface area (Å²) in [6.07, 6.45) is -3.33. The summed E-state index contributed by atoms with van der Waals surface area (Å²) >= 11 is 2.82. The van der Waals surface area contributed by atoms with E-state index in [4.69, 9.17) is 0 Å². The summed E-state index contributed by atoms with van der Waals surface area (Å²) in [5.74, 6) is 0.714. The van der Waals surface area contributed by atoms with E-state index >= 15 is 0 Å². The number of hydrogen-bond donors (Lipinski definition) is 2. The average Bonchev–Trinajstić information content (AvgIpc) is 3.31. The van der Waals surface area contributed by atoms with Gasteiger partial charge < -0.3 is 10.6 Å². The van der Waals surface area contributed by atoms with Crippen molar-refractivity contribution in [3.8, 4) is 22.0 Å². The van der Waals surface area contributed by atoms with E-state index in [2.05, 4.69) is 25.6 Å². The highest BCUT2D eigenvalue weighted by atomic mass is 32.1. The predicted molar refractivity (Wildman–Crippen MR) is 102 cm³/mol. The molecular weight excluding hydrogens is 395 g/mol. The third-order valence-electron chi connectivity index (χ3n) is 3.85. The normalized spacial score (nSPS) is 14.6. The second kappa shape index (κ2) is 7.28. The van der Waals surface area contributed by atoms with Crippen LogP contribution >= 0.6 is 22.7 Å². The Hall–Kier alpha value is -2.46.